The fraction of sp³-hybridized carbons (Fsp3) is 1.00. The number of unbranched alkanes of at least 4 members (excludes halogenated alkanes) is 14. The van der Waals surface area contributed by atoms with Gasteiger partial charge in [-0.25, -0.2) is 0 Å². The summed E-state index contributed by atoms with van der Waals surface area (Å²) in [5, 5.41) is 18.2. The Kier molecular flexibility index (Phi) is 24.3. The van der Waals surface area contributed by atoms with E-state index in [1.54, 1.807) is 0 Å². The molecule has 4 N–H and O–H groups in total. The van der Waals surface area contributed by atoms with Crippen molar-refractivity contribution in [2.24, 2.45) is 5.73 Å². The molecule has 0 heterocycles. The lowest BCUT2D eigenvalue weighted by Gasteiger charge is -2.25. The molecule has 2 unspecified atom stereocenters. The Labute approximate surface area is 193 Å². The molecule has 31 heavy (non-hydrogen) atoms. The molecule has 0 spiro atoms. The third kappa shape index (κ3) is 22.8. The first-order valence-corrected chi connectivity index (χ1v) is 13.4. The van der Waals surface area contributed by atoms with Crippen molar-refractivity contribution in [3.63, 3.8) is 0 Å². The maximum atomic E-state index is 9.08. The fourth-order valence-corrected chi connectivity index (χ4v) is 3.94. The van der Waals surface area contributed by atoms with Gasteiger partial charge in [-0.05, 0) is 52.5 Å². The van der Waals surface area contributed by atoms with Gasteiger partial charge in [0.15, 0.2) is 6.29 Å². The minimum atomic E-state index is -0.233. The largest absolute Gasteiger partial charge is 0.396 e. The zero-order chi connectivity index (χ0) is 23.0. The molecule has 0 saturated carbocycles. The molecule has 0 radical (unpaired) electrons. The van der Waals surface area contributed by atoms with Gasteiger partial charge in [0.05, 0.1) is 12.2 Å². The van der Waals surface area contributed by atoms with E-state index >= 15 is 0 Å². The molecule has 0 fully saturated rings. The Balaban J connectivity index is 3.58. The van der Waals surface area contributed by atoms with Crippen molar-refractivity contribution in [3.8, 4) is 0 Å². The second-order valence-electron chi connectivity index (χ2n) is 9.23. The van der Waals surface area contributed by atoms with Crippen LogP contribution in [0.5, 0.6) is 0 Å². The molecular formula is C26H55NO4. The van der Waals surface area contributed by atoms with Gasteiger partial charge in [-0.2, -0.15) is 0 Å². The van der Waals surface area contributed by atoms with Gasteiger partial charge in [0.2, 0.25) is 0 Å². The molecule has 0 aliphatic carbocycles. The van der Waals surface area contributed by atoms with Crippen molar-refractivity contribution in [2.45, 2.75) is 148 Å². The molecule has 0 rings (SSSR count). The third-order valence-corrected chi connectivity index (χ3v) is 5.98. The Morgan fingerprint density at radius 2 is 0.839 bits per heavy atom. The highest BCUT2D eigenvalue weighted by atomic mass is 16.7. The van der Waals surface area contributed by atoms with Crippen LogP contribution in [-0.2, 0) is 9.47 Å². The van der Waals surface area contributed by atoms with Crippen molar-refractivity contribution in [1.29, 1.82) is 0 Å². The van der Waals surface area contributed by atoms with Gasteiger partial charge < -0.3 is 25.4 Å². The number of nitrogens with two attached hydrogens (primary N) is 1. The van der Waals surface area contributed by atoms with Crippen LogP contribution in [0.2, 0.25) is 0 Å². The number of hydrogen-bond acceptors (Lipinski definition) is 5. The van der Waals surface area contributed by atoms with E-state index in [0.717, 1.165) is 19.4 Å². The Bertz CT molecular complexity index is 329. The van der Waals surface area contributed by atoms with E-state index in [-0.39, 0.29) is 31.7 Å². The molecule has 5 heteroatoms. The normalized spacial score (nSPS) is 14.6. The summed E-state index contributed by atoms with van der Waals surface area (Å²) in [5.41, 5.74) is 5.52. The maximum absolute atomic E-state index is 9.08. The highest BCUT2D eigenvalue weighted by molar-refractivity contribution is 4.58. The molecule has 0 aromatic carbocycles. The van der Waals surface area contributed by atoms with Crippen molar-refractivity contribution in [1.82, 2.24) is 0 Å². The van der Waals surface area contributed by atoms with Crippen LogP contribution in [0.15, 0.2) is 0 Å². The van der Waals surface area contributed by atoms with E-state index in [1.807, 2.05) is 13.8 Å². The topological polar surface area (TPSA) is 84.9 Å². The standard InChI is InChI=1S/C26H55NO4/c1-24(19-22-28)30-26(31-25(2)20-23-29)18-16-14-12-10-8-6-4-3-5-7-9-11-13-15-17-21-27/h24-26,28-29H,3-23,27H2,1-2H3. The van der Waals surface area contributed by atoms with Gasteiger partial charge in [-0.1, -0.05) is 83.5 Å². The van der Waals surface area contributed by atoms with E-state index in [0.29, 0.717) is 12.8 Å². The first-order chi connectivity index (χ1) is 15.1. The van der Waals surface area contributed by atoms with Crippen LogP contribution in [0.3, 0.4) is 0 Å². The summed E-state index contributed by atoms with van der Waals surface area (Å²) in [6, 6.07) is 0. The van der Waals surface area contributed by atoms with Gasteiger partial charge in [-0.3, -0.25) is 0 Å². The van der Waals surface area contributed by atoms with Crippen LogP contribution in [0.1, 0.15) is 129 Å². The first kappa shape index (κ1) is 30.8. The average Bonchev–Trinajstić information content (AvgIpc) is 2.73. The molecule has 0 aromatic heterocycles. The monoisotopic (exact) mass is 445 g/mol. The van der Waals surface area contributed by atoms with Crippen LogP contribution < -0.4 is 5.73 Å². The SMILES string of the molecule is CC(CCO)OC(CCCCCCCCCCCCCCCCCN)OC(C)CCO. The zero-order valence-corrected chi connectivity index (χ0v) is 20.9. The fourth-order valence-electron chi connectivity index (χ4n) is 3.94. The molecule has 2 atom stereocenters. The second kappa shape index (κ2) is 24.4. The summed E-state index contributed by atoms with van der Waals surface area (Å²) in [7, 11) is 0. The minimum absolute atomic E-state index is 0.00696. The summed E-state index contributed by atoms with van der Waals surface area (Å²) in [6.45, 7) is 5.07. The van der Waals surface area contributed by atoms with Crippen LogP contribution in [-0.4, -0.2) is 48.5 Å². The predicted molar refractivity (Wildman–Crippen MR) is 131 cm³/mol. The summed E-state index contributed by atoms with van der Waals surface area (Å²) < 4.78 is 11.9. The van der Waals surface area contributed by atoms with Crippen LogP contribution in [0.4, 0.5) is 0 Å². The number of ether oxygens (including phenoxy) is 2. The summed E-state index contributed by atoms with van der Waals surface area (Å²) in [6.07, 6.45) is 21.8. The minimum Gasteiger partial charge on any atom is -0.396 e. The average molecular weight is 446 g/mol. The Hall–Kier alpha value is -0.200. The third-order valence-electron chi connectivity index (χ3n) is 5.98. The van der Waals surface area contributed by atoms with Gasteiger partial charge in [0.25, 0.3) is 0 Å². The number of rotatable bonds is 25. The molecule has 0 aliphatic rings. The molecular weight excluding hydrogens is 390 g/mol. The van der Waals surface area contributed by atoms with Crippen molar-refractivity contribution >= 4 is 0 Å². The molecule has 0 saturated heterocycles. The van der Waals surface area contributed by atoms with Gasteiger partial charge in [-0.15, -0.1) is 0 Å². The van der Waals surface area contributed by atoms with Gasteiger partial charge >= 0.3 is 0 Å². The molecule has 0 aromatic rings. The number of hydrogen-bond donors (Lipinski definition) is 3. The zero-order valence-electron chi connectivity index (χ0n) is 20.9. The van der Waals surface area contributed by atoms with Gasteiger partial charge in [0, 0.05) is 13.2 Å². The van der Waals surface area contributed by atoms with Crippen molar-refractivity contribution in [2.75, 3.05) is 19.8 Å². The van der Waals surface area contributed by atoms with Gasteiger partial charge in [0.1, 0.15) is 0 Å². The van der Waals surface area contributed by atoms with E-state index in [4.69, 9.17) is 25.4 Å². The van der Waals surface area contributed by atoms with E-state index in [2.05, 4.69) is 0 Å². The highest BCUT2D eigenvalue weighted by Crippen LogP contribution is 2.17. The smallest absolute Gasteiger partial charge is 0.158 e. The first-order valence-electron chi connectivity index (χ1n) is 13.4. The molecule has 188 valence electrons. The molecule has 0 bridgehead atoms. The second-order valence-corrected chi connectivity index (χ2v) is 9.23. The molecule has 0 amide bonds. The van der Waals surface area contributed by atoms with E-state index < -0.39 is 0 Å². The Morgan fingerprint density at radius 3 is 1.16 bits per heavy atom. The quantitative estimate of drug-likeness (QED) is 0.117. The van der Waals surface area contributed by atoms with Crippen LogP contribution >= 0.6 is 0 Å². The number of aliphatic hydroxyl groups excluding tert-OH is 2. The maximum Gasteiger partial charge on any atom is 0.158 e. The lowest BCUT2D eigenvalue weighted by atomic mass is 10.0. The van der Waals surface area contributed by atoms with Crippen LogP contribution in [0.25, 0.3) is 0 Å². The van der Waals surface area contributed by atoms with E-state index in [9.17, 15) is 0 Å². The highest BCUT2D eigenvalue weighted by Gasteiger charge is 2.16. The van der Waals surface area contributed by atoms with Crippen molar-refractivity contribution < 1.29 is 19.7 Å². The molecule has 0 aliphatic heterocycles. The van der Waals surface area contributed by atoms with Crippen molar-refractivity contribution in [3.05, 3.63) is 0 Å². The number of aliphatic hydroxyl groups is 2. The lowest BCUT2D eigenvalue weighted by Crippen LogP contribution is -2.28. The summed E-state index contributed by atoms with van der Waals surface area (Å²) in [4.78, 5) is 0. The van der Waals surface area contributed by atoms with E-state index in [1.165, 1.54) is 89.9 Å². The predicted octanol–water partition coefficient (Wildman–Crippen LogP) is 6.09. The Morgan fingerprint density at radius 1 is 0.516 bits per heavy atom. The lowest BCUT2D eigenvalue weighted by molar-refractivity contribution is -0.195. The molecule has 5 nitrogen and oxygen atoms in total. The summed E-state index contributed by atoms with van der Waals surface area (Å²) in [5.74, 6) is 0. The van der Waals surface area contributed by atoms with Crippen LogP contribution in [0, 0.1) is 0 Å². The summed E-state index contributed by atoms with van der Waals surface area (Å²) >= 11 is 0.